The molecule has 0 bridgehead atoms. The monoisotopic (exact) mass is 382 g/mol. The highest BCUT2D eigenvalue weighted by atomic mass is 79.9. The first kappa shape index (κ1) is 15.1. The average Bonchev–Trinajstić information content (AvgIpc) is 2.95. The molecule has 0 unspecified atom stereocenters. The third-order valence-electron chi connectivity index (χ3n) is 3.14. The summed E-state index contributed by atoms with van der Waals surface area (Å²) in [6.45, 7) is 0. The summed E-state index contributed by atoms with van der Waals surface area (Å²) in [5.41, 5.74) is 2.67. The van der Waals surface area contributed by atoms with Gasteiger partial charge in [0, 0.05) is 16.4 Å². The van der Waals surface area contributed by atoms with Crippen LogP contribution in [-0.4, -0.2) is 22.4 Å². The topological polar surface area (TPSA) is 44.9 Å². The van der Waals surface area contributed by atoms with Crippen LogP contribution < -0.4 is 5.32 Å². The number of carbonyl (C=O) groups is 1. The maximum atomic E-state index is 12.1. The molecule has 1 aromatic carbocycles. The van der Waals surface area contributed by atoms with Crippen molar-refractivity contribution in [3.05, 3.63) is 52.3 Å². The van der Waals surface area contributed by atoms with Crippen LogP contribution >= 0.6 is 39.5 Å². The number of H-pyrrole nitrogens is 1. The minimum Gasteiger partial charge on any atom is -0.356 e. The highest BCUT2D eigenvalue weighted by molar-refractivity contribution is 9.10. The Bertz CT molecular complexity index is 638. The molecular formula is C15H15BrN2OS2. The van der Waals surface area contributed by atoms with Crippen LogP contribution in [0.25, 0.3) is 0 Å². The summed E-state index contributed by atoms with van der Waals surface area (Å²) in [6.07, 6.45) is 3.03. The Balaban J connectivity index is 1.72. The van der Waals surface area contributed by atoms with Crippen molar-refractivity contribution >= 4 is 51.0 Å². The lowest BCUT2D eigenvalue weighted by molar-refractivity contribution is 0.102. The van der Waals surface area contributed by atoms with E-state index in [1.54, 1.807) is 12.3 Å². The van der Waals surface area contributed by atoms with Gasteiger partial charge in [0.1, 0.15) is 5.69 Å². The number of aromatic nitrogens is 1. The fourth-order valence-electron chi connectivity index (χ4n) is 2.14. The molecule has 2 heterocycles. The summed E-state index contributed by atoms with van der Waals surface area (Å²) in [4.78, 5) is 15.1. The summed E-state index contributed by atoms with van der Waals surface area (Å²) in [6, 6.07) is 9.91. The molecule has 6 heteroatoms. The number of benzene rings is 1. The van der Waals surface area contributed by atoms with Gasteiger partial charge in [0.2, 0.25) is 0 Å². The Morgan fingerprint density at radius 2 is 2.10 bits per heavy atom. The molecule has 0 aliphatic carbocycles. The van der Waals surface area contributed by atoms with Crippen LogP contribution in [0.15, 0.2) is 41.0 Å². The van der Waals surface area contributed by atoms with Gasteiger partial charge >= 0.3 is 0 Å². The molecule has 2 aromatic rings. The second-order valence-corrected chi connectivity index (χ2v) is 8.38. The van der Waals surface area contributed by atoms with Crippen molar-refractivity contribution in [3.63, 3.8) is 0 Å². The van der Waals surface area contributed by atoms with Crippen molar-refractivity contribution in [1.29, 1.82) is 0 Å². The predicted molar refractivity (Wildman–Crippen MR) is 95.2 cm³/mol. The van der Waals surface area contributed by atoms with Crippen LogP contribution in [0, 0.1) is 0 Å². The molecule has 1 fully saturated rings. The maximum absolute atomic E-state index is 12.1. The van der Waals surface area contributed by atoms with E-state index in [-0.39, 0.29) is 5.91 Å². The molecule has 110 valence electrons. The standard InChI is InChI=1S/C15H15BrN2OS2/c16-11-8-13(17-9-11)14(19)18-12-4-1-3-10(7-12)15-20-5-2-6-21-15/h1,3-4,7-9,15,17H,2,5-6H2,(H,18,19). The van der Waals surface area contributed by atoms with Crippen LogP contribution in [0.3, 0.4) is 0 Å². The zero-order chi connectivity index (χ0) is 14.7. The largest absolute Gasteiger partial charge is 0.356 e. The molecule has 0 saturated carbocycles. The Morgan fingerprint density at radius 1 is 1.29 bits per heavy atom. The molecule has 0 radical (unpaired) electrons. The first-order chi connectivity index (χ1) is 10.2. The molecule has 1 aliphatic rings. The Kier molecular flexibility index (Phi) is 4.98. The number of halogens is 1. The van der Waals surface area contributed by atoms with Crippen molar-refractivity contribution in [2.24, 2.45) is 0 Å². The lowest BCUT2D eigenvalue weighted by Gasteiger charge is -2.21. The van der Waals surface area contributed by atoms with E-state index in [1.165, 1.54) is 23.5 Å². The van der Waals surface area contributed by atoms with Gasteiger partial charge in [-0.3, -0.25) is 4.79 Å². The highest BCUT2D eigenvalue weighted by Gasteiger charge is 2.17. The maximum Gasteiger partial charge on any atom is 0.272 e. The van der Waals surface area contributed by atoms with Crippen LogP contribution in [0.1, 0.15) is 27.1 Å². The first-order valence-electron chi connectivity index (χ1n) is 6.71. The molecule has 1 saturated heterocycles. The van der Waals surface area contributed by atoms with Crippen molar-refractivity contribution in [2.45, 2.75) is 11.0 Å². The number of thioether (sulfide) groups is 2. The number of aromatic amines is 1. The van der Waals surface area contributed by atoms with E-state index in [0.717, 1.165) is 10.2 Å². The summed E-state index contributed by atoms with van der Waals surface area (Å²) in [5, 5.41) is 2.94. The van der Waals surface area contributed by atoms with Gasteiger partial charge in [0.25, 0.3) is 5.91 Å². The normalized spacial score (nSPS) is 15.9. The number of amides is 1. The second kappa shape index (κ2) is 6.94. The van der Waals surface area contributed by atoms with E-state index in [4.69, 9.17) is 0 Å². The van der Waals surface area contributed by atoms with E-state index in [9.17, 15) is 4.79 Å². The van der Waals surface area contributed by atoms with Crippen LogP contribution in [0.4, 0.5) is 5.69 Å². The lowest BCUT2D eigenvalue weighted by Crippen LogP contribution is -2.12. The van der Waals surface area contributed by atoms with Gasteiger partial charge in [-0.05, 0) is 57.6 Å². The van der Waals surface area contributed by atoms with E-state index in [1.807, 2.05) is 35.7 Å². The molecule has 3 nitrogen and oxygen atoms in total. The average molecular weight is 383 g/mol. The third-order valence-corrected chi connectivity index (χ3v) is 6.61. The van der Waals surface area contributed by atoms with Gasteiger partial charge in [0.05, 0.1) is 4.58 Å². The molecule has 0 spiro atoms. The fourth-order valence-corrected chi connectivity index (χ4v) is 5.36. The van der Waals surface area contributed by atoms with Crippen molar-refractivity contribution < 1.29 is 4.79 Å². The van der Waals surface area contributed by atoms with Crippen molar-refractivity contribution in [1.82, 2.24) is 4.98 Å². The van der Waals surface area contributed by atoms with E-state index in [0.29, 0.717) is 10.3 Å². The van der Waals surface area contributed by atoms with E-state index >= 15 is 0 Å². The van der Waals surface area contributed by atoms with Crippen molar-refractivity contribution in [3.8, 4) is 0 Å². The first-order valence-corrected chi connectivity index (χ1v) is 9.60. The molecule has 21 heavy (non-hydrogen) atoms. The lowest BCUT2D eigenvalue weighted by atomic mass is 10.2. The van der Waals surface area contributed by atoms with Crippen LogP contribution in [-0.2, 0) is 0 Å². The van der Waals surface area contributed by atoms with Gasteiger partial charge in [0.15, 0.2) is 0 Å². The third kappa shape index (κ3) is 3.87. The van der Waals surface area contributed by atoms with Gasteiger partial charge in [-0.15, -0.1) is 23.5 Å². The Morgan fingerprint density at radius 3 is 2.81 bits per heavy atom. The number of hydrogen-bond donors (Lipinski definition) is 2. The number of hydrogen-bond acceptors (Lipinski definition) is 3. The minimum atomic E-state index is -0.123. The minimum absolute atomic E-state index is 0.123. The summed E-state index contributed by atoms with van der Waals surface area (Å²) >= 11 is 7.30. The van der Waals surface area contributed by atoms with E-state index in [2.05, 4.69) is 38.4 Å². The molecule has 1 aromatic heterocycles. The number of anilines is 1. The summed E-state index contributed by atoms with van der Waals surface area (Å²) < 4.78 is 1.35. The molecule has 2 N–H and O–H groups in total. The van der Waals surface area contributed by atoms with Crippen LogP contribution in [0.5, 0.6) is 0 Å². The Labute approximate surface area is 140 Å². The SMILES string of the molecule is O=C(Nc1cccc(C2SCCCS2)c1)c1cc(Br)c[nH]1. The molecular weight excluding hydrogens is 368 g/mol. The molecule has 1 aliphatic heterocycles. The molecule has 3 rings (SSSR count). The van der Waals surface area contributed by atoms with Crippen LogP contribution in [0.2, 0.25) is 0 Å². The highest BCUT2D eigenvalue weighted by Crippen LogP contribution is 2.44. The molecule has 0 atom stereocenters. The summed E-state index contributed by atoms with van der Waals surface area (Å²) in [7, 11) is 0. The molecule has 1 amide bonds. The second-order valence-electron chi connectivity index (χ2n) is 4.74. The Hall–Kier alpha value is -0.850. The van der Waals surface area contributed by atoms with E-state index < -0.39 is 0 Å². The fraction of sp³-hybridized carbons (Fsp3) is 0.267. The van der Waals surface area contributed by atoms with Gasteiger partial charge in [-0.1, -0.05) is 12.1 Å². The number of nitrogens with one attached hydrogen (secondary N) is 2. The zero-order valence-corrected chi connectivity index (χ0v) is 14.5. The van der Waals surface area contributed by atoms with Crippen molar-refractivity contribution in [2.75, 3.05) is 16.8 Å². The quantitative estimate of drug-likeness (QED) is 0.793. The predicted octanol–water partition coefficient (Wildman–Crippen LogP) is 4.90. The number of carbonyl (C=O) groups excluding carboxylic acids is 1. The zero-order valence-electron chi connectivity index (χ0n) is 11.3. The number of rotatable bonds is 3. The van der Waals surface area contributed by atoms with Gasteiger partial charge < -0.3 is 10.3 Å². The smallest absolute Gasteiger partial charge is 0.272 e. The van der Waals surface area contributed by atoms with Gasteiger partial charge in [-0.25, -0.2) is 0 Å². The van der Waals surface area contributed by atoms with Gasteiger partial charge in [-0.2, -0.15) is 0 Å². The summed E-state index contributed by atoms with van der Waals surface area (Å²) in [5.74, 6) is 2.30.